The van der Waals surface area contributed by atoms with Crippen molar-refractivity contribution in [1.82, 2.24) is 15.1 Å². The summed E-state index contributed by atoms with van der Waals surface area (Å²) in [7, 11) is 4.46. The van der Waals surface area contributed by atoms with E-state index in [2.05, 4.69) is 29.2 Å². The van der Waals surface area contributed by atoms with E-state index in [4.69, 9.17) is 0 Å². The molecule has 0 aliphatic carbocycles. The molecule has 3 heteroatoms. The topological polar surface area (TPSA) is 18.5 Å². The van der Waals surface area contributed by atoms with Gasteiger partial charge in [0.1, 0.15) is 0 Å². The van der Waals surface area contributed by atoms with Gasteiger partial charge in [-0.15, -0.1) is 0 Å². The lowest BCUT2D eigenvalue weighted by Gasteiger charge is -2.29. The van der Waals surface area contributed by atoms with Crippen LogP contribution < -0.4 is 5.32 Å². The molecule has 0 bridgehead atoms. The third-order valence-corrected chi connectivity index (χ3v) is 4.22. The Labute approximate surface area is 100 Å². The van der Waals surface area contributed by atoms with E-state index >= 15 is 0 Å². The van der Waals surface area contributed by atoms with Crippen LogP contribution in [0.3, 0.4) is 0 Å². The van der Waals surface area contributed by atoms with Gasteiger partial charge < -0.3 is 15.1 Å². The summed E-state index contributed by atoms with van der Waals surface area (Å²) in [6.45, 7) is 6.35. The standard InChI is InChI=1S/C13H27N3/c1-15-8-4-12(5-9-15)3-7-14-13-6-10-16(2)11-13/h12-14H,3-11H2,1-2H3. The van der Waals surface area contributed by atoms with E-state index in [1.165, 1.54) is 58.4 Å². The normalized spacial score (nSPS) is 30.0. The summed E-state index contributed by atoms with van der Waals surface area (Å²) in [5.74, 6) is 0.975. The molecule has 0 aromatic heterocycles. The number of nitrogens with one attached hydrogen (secondary N) is 1. The van der Waals surface area contributed by atoms with Gasteiger partial charge in [-0.3, -0.25) is 0 Å². The van der Waals surface area contributed by atoms with E-state index in [1.54, 1.807) is 0 Å². The van der Waals surface area contributed by atoms with Gasteiger partial charge in [0.05, 0.1) is 0 Å². The van der Waals surface area contributed by atoms with E-state index in [-0.39, 0.29) is 0 Å². The van der Waals surface area contributed by atoms with E-state index in [9.17, 15) is 0 Å². The van der Waals surface area contributed by atoms with Crippen LogP contribution in [0.1, 0.15) is 25.7 Å². The highest BCUT2D eigenvalue weighted by atomic mass is 15.2. The van der Waals surface area contributed by atoms with Crippen LogP contribution in [-0.4, -0.2) is 62.7 Å². The summed E-state index contributed by atoms with van der Waals surface area (Å²) in [6, 6.07) is 0.760. The van der Waals surface area contributed by atoms with Gasteiger partial charge in [-0.1, -0.05) is 0 Å². The van der Waals surface area contributed by atoms with Gasteiger partial charge in [0.25, 0.3) is 0 Å². The average molecular weight is 225 g/mol. The van der Waals surface area contributed by atoms with Gasteiger partial charge in [-0.05, 0) is 71.9 Å². The average Bonchev–Trinajstić information content (AvgIpc) is 2.67. The predicted octanol–water partition coefficient (Wildman–Crippen LogP) is 1.01. The minimum absolute atomic E-state index is 0.760. The Morgan fingerprint density at radius 2 is 1.69 bits per heavy atom. The van der Waals surface area contributed by atoms with E-state index in [0.717, 1.165) is 12.0 Å². The van der Waals surface area contributed by atoms with Crippen LogP contribution in [0.5, 0.6) is 0 Å². The van der Waals surface area contributed by atoms with Crippen molar-refractivity contribution >= 4 is 0 Å². The van der Waals surface area contributed by atoms with Gasteiger partial charge in [-0.25, -0.2) is 0 Å². The van der Waals surface area contributed by atoms with Crippen LogP contribution >= 0.6 is 0 Å². The third kappa shape index (κ3) is 3.72. The number of likely N-dealkylation sites (tertiary alicyclic amines) is 2. The van der Waals surface area contributed by atoms with E-state index < -0.39 is 0 Å². The molecule has 1 atom stereocenters. The molecule has 94 valence electrons. The first-order valence-electron chi connectivity index (χ1n) is 6.84. The number of nitrogens with zero attached hydrogens (tertiary/aromatic N) is 2. The first kappa shape index (κ1) is 12.3. The zero-order valence-corrected chi connectivity index (χ0v) is 10.9. The van der Waals surface area contributed by atoms with Crippen LogP contribution in [0.15, 0.2) is 0 Å². The highest BCUT2D eigenvalue weighted by molar-refractivity contribution is 4.79. The Balaban J connectivity index is 1.54. The molecule has 0 aromatic rings. The quantitative estimate of drug-likeness (QED) is 0.770. The summed E-state index contributed by atoms with van der Waals surface area (Å²) in [6.07, 6.45) is 5.53. The Morgan fingerprint density at radius 3 is 2.31 bits per heavy atom. The molecule has 0 saturated carbocycles. The maximum absolute atomic E-state index is 3.72. The second-order valence-corrected chi connectivity index (χ2v) is 5.74. The van der Waals surface area contributed by atoms with Gasteiger partial charge in [0.2, 0.25) is 0 Å². The molecule has 1 N–H and O–H groups in total. The van der Waals surface area contributed by atoms with E-state index in [1.807, 2.05) is 0 Å². The minimum Gasteiger partial charge on any atom is -0.313 e. The Bertz CT molecular complexity index is 199. The number of hydrogen-bond donors (Lipinski definition) is 1. The van der Waals surface area contributed by atoms with Gasteiger partial charge in [0, 0.05) is 12.6 Å². The fourth-order valence-corrected chi connectivity index (χ4v) is 2.94. The Kier molecular flexibility index (Phi) is 4.62. The zero-order valence-electron chi connectivity index (χ0n) is 10.9. The fraction of sp³-hybridized carbons (Fsp3) is 1.00. The molecule has 2 fully saturated rings. The maximum Gasteiger partial charge on any atom is 0.0207 e. The van der Waals surface area contributed by atoms with Crippen molar-refractivity contribution in [2.75, 3.05) is 46.8 Å². The van der Waals surface area contributed by atoms with Crippen molar-refractivity contribution in [3.63, 3.8) is 0 Å². The summed E-state index contributed by atoms with van der Waals surface area (Å²) >= 11 is 0. The van der Waals surface area contributed by atoms with Crippen molar-refractivity contribution in [3.05, 3.63) is 0 Å². The smallest absolute Gasteiger partial charge is 0.0207 e. The molecule has 0 spiro atoms. The first-order valence-corrected chi connectivity index (χ1v) is 6.84. The molecular weight excluding hydrogens is 198 g/mol. The molecule has 2 aliphatic heterocycles. The lowest BCUT2D eigenvalue weighted by molar-refractivity contribution is 0.210. The van der Waals surface area contributed by atoms with Gasteiger partial charge >= 0.3 is 0 Å². The summed E-state index contributed by atoms with van der Waals surface area (Å²) in [5.41, 5.74) is 0. The van der Waals surface area contributed by atoms with Crippen molar-refractivity contribution in [2.45, 2.75) is 31.7 Å². The lowest BCUT2D eigenvalue weighted by atomic mass is 9.94. The number of piperidine rings is 1. The van der Waals surface area contributed by atoms with Crippen molar-refractivity contribution < 1.29 is 0 Å². The van der Waals surface area contributed by atoms with Gasteiger partial charge in [-0.2, -0.15) is 0 Å². The van der Waals surface area contributed by atoms with Crippen molar-refractivity contribution in [2.24, 2.45) is 5.92 Å². The molecule has 2 saturated heterocycles. The largest absolute Gasteiger partial charge is 0.313 e. The highest BCUT2D eigenvalue weighted by Crippen LogP contribution is 2.19. The monoisotopic (exact) mass is 225 g/mol. The molecule has 2 aliphatic rings. The van der Waals surface area contributed by atoms with Crippen molar-refractivity contribution in [1.29, 1.82) is 0 Å². The summed E-state index contributed by atoms with van der Waals surface area (Å²) in [5, 5.41) is 3.72. The zero-order chi connectivity index (χ0) is 11.4. The van der Waals surface area contributed by atoms with Crippen LogP contribution in [-0.2, 0) is 0 Å². The highest BCUT2D eigenvalue weighted by Gasteiger charge is 2.20. The van der Waals surface area contributed by atoms with Crippen LogP contribution in [0.2, 0.25) is 0 Å². The fourth-order valence-electron chi connectivity index (χ4n) is 2.94. The predicted molar refractivity (Wildman–Crippen MR) is 68.7 cm³/mol. The second-order valence-electron chi connectivity index (χ2n) is 5.74. The molecule has 16 heavy (non-hydrogen) atoms. The number of rotatable bonds is 4. The molecular formula is C13H27N3. The van der Waals surface area contributed by atoms with Gasteiger partial charge in [0.15, 0.2) is 0 Å². The first-order chi connectivity index (χ1) is 7.74. The lowest BCUT2D eigenvalue weighted by Crippen LogP contribution is -2.35. The van der Waals surface area contributed by atoms with Crippen LogP contribution in [0.4, 0.5) is 0 Å². The number of likely N-dealkylation sites (N-methyl/N-ethyl adjacent to an activating group) is 1. The molecule has 1 unspecified atom stereocenters. The van der Waals surface area contributed by atoms with Crippen LogP contribution in [0.25, 0.3) is 0 Å². The minimum atomic E-state index is 0.760. The summed E-state index contributed by atoms with van der Waals surface area (Å²) in [4.78, 5) is 4.88. The molecule has 0 amide bonds. The summed E-state index contributed by atoms with van der Waals surface area (Å²) < 4.78 is 0. The Hall–Kier alpha value is -0.120. The molecule has 2 rings (SSSR count). The number of hydrogen-bond acceptors (Lipinski definition) is 3. The SMILES string of the molecule is CN1CCC(CCNC2CCN(C)C2)CC1. The molecule has 2 heterocycles. The maximum atomic E-state index is 3.72. The third-order valence-electron chi connectivity index (χ3n) is 4.22. The van der Waals surface area contributed by atoms with E-state index in [0.29, 0.717) is 0 Å². The second kappa shape index (κ2) is 5.99. The molecule has 3 nitrogen and oxygen atoms in total. The molecule has 0 aromatic carbocycles. The molecule has 0 radical (unpaired) electrons. The Morgan fingerprint density at radius 1 is 1.00 bits per heavy atom. The van der Waals surface area contributed by atoms with Crippen molar-refractivity contribution in [3.8, 4) is 0 Å². The van der Waals surface area contributed by atoms with Crippen LogP contribution in [0, 0.1) is 5.92 Å².